The summed E-state index contributed by atoms with van der Waals surface area (Å²) in [5.41, 5.74) is 1.11. The number of carbonyl (C=O) groups is 3. The molecule has 1 atom stereocenters. The maximum Gasteiger partial charge on any atom is 0.292 e. The third-order valence-electron chi connectivity index (χ3n) is 5.36. The van der Waals surface area contributed by atoms with Gasteiger partial charge < -0.3 is 24.4 Å². The Balaban J connectivity index is 1.59. The highest BCUT2D eigenvalue weighted by Crippen LogP contribution is 2.15. The van der Waals surface area contributed by atoms with Crippen molar-refractivity contribution in [3.05, 3.63) is 47.3 Å². The van der Waals surface area contributed by atoms with Gasteiger partial charge in [0.25, 0.3) is 11.8 Å². The molecule has 3 rings (SSSR count). The van der Waals surface area contributed by atoms with E-state index in [9.17, 15) is 14.4 Å². The van der Waals surface area contributed by atoms with Crippen LogP contribution in [-0.4, -0.2) is 71.5 Å². The van der Waals surface area contributed by atoms with Crippen LogP contribution < -0.4 is 10.1 Å². The third kappa shape index (κ3) is 5.46. The van der Waals surface area contributed by atoms with Gasteiger partial charge in [0.1, 0.15) is 11.8 Å². The number of aryl methyl sites for hydroxylation is 1. The number of hydrogen-bond donors (Lipinski definition) is 1. The molecule has 0 spiro atoms. The lowest BCUT2D eigenvalue weighted by molar-refractivity contribution is -0.135. The van der Waals surface area contributed by atoms with Gasteiger partial charge in [-0.05, 0) is 44.0 Å². The minimum Gasteiger partial charge on any atom is -0.494 e. The average molecular weight is 443 g/mol. The van der Waals surface area contributed by atoms with Crippen LogP contribution in [0.4, 0.5) is 0 Å². The highest BCUT2D eigenvalue weighted by Gasteiger charge is 2.32. The number of benzene rings is 1. The van der Waals surface area contributed by atoms with Gasteiger partial charge in [-0.3, -0.25) is 14.4 Å². The van der Waals surface area contributed by atoms with Crippen LogP contribution in [0, 0.1) is 12.8 Å². The van der Waals surface area contributed by atoms with E-state index < -0.39 is 6.04 Å². The van der Waals surface area contributed by atoms with Crippen molar-refractivity contribution >= 4 is 17.7 Å². The molecule has 0 radical (unpaired) electrons. The van der Waals surface area contributed by atoms with E-state index in [1.54, 1.807) is 47.1 Å². The Labute approximate surface area is 187 Å². The van der Waals surface area contributed by atoms with Gasteiger partial charge in [0.15, 0.2) is 0 Å². The Bertz CT molecular complexity index is 946. The summed E-state index contributed by atoms with van der Waals surface area (Å²) in [6.07, 6.45) is 0. The van der Waals surface area contributed by atoms with Gasteiger partial charge in [0.05, 0.1) is 12.3 Å². The summed E-state index contributed by atoms with van der Waals surface area (Å²) >= 11 is 0. The van der Waals surface area contributed by atoms with E-state index in [1.165, 1.54) is 0 Å². The molecule has 9 nitrogen and oxygen atoms in total. The Morgan fingerprint density at radius 2 is 1.72 bits per heavy atom. The zero-order chi connectivity index (χ0) is 23.3. The van der Waals surface area contributed by atoms with Crippen LogP contribution in [0.1, 0.15) is 47.4 Å². The maximum absolute atomic E-state index is 13.2. The van der Waals surface area contributed by atoms with Crippen molar-refractivity contribution in [1.82, 2.24) is 20.3 Å². The molecule has 9 heteroatoms. The molecule has 2 heterocycles. The third-order valence-corrected chi connectivity index (χ3v) is 5.36. The predicted molar refractivity (Wildman–Crippen MR) is 117 cm³/mol. The smallest absolute Gasteiger partial charge is 0.292 e. The number of rotatable bonds is 7. The standard InChI is InChI=1S/C23H30N4O5/c1-5-31-18-8-6-17(7-9-18)21(28)24-20(15(2)3)23(30)27-12-10-26(11-13-27)22(29)19-14-16(4)25-32-19/h6-9,14-15,20H,5,10-13H2,1-4H3,(H,24,28). The van der Waals surface area contributed by atoms with Crippen LogP contribution in [0.2, 0.25) is 0 Å². The molecule has 3 amide bonds. The normalized spacial score (nSPS) is 14.9. The van der Waals surface area contributed by atoms with Crippen LogP contribution in [0.5, 0.6) is 5.75 Å². The fraction of sp³-hybridized carbons (Fsp3) is 0.478. The number of amides is 3. The first kappa shape index (κ1) is 23.3. The summed E-state index contributed by atoms with van der Waals surface area (Å²) in [6, 6.07) is 7.77. The van der Waals surface area contributed by atoms with Gasteiger partial charge in [-0.1, -0.05) is 19.0 Å². The number of carbonyl (C=O) groups excluding carboxylic acids is 3. The van der Waals surface area contributed by atoms with E-state index in [1.807, 2.05) is 20.8 Å². The monoisotopic (exact) mass is 442 g/mol. The van der Waals surface area contributed by atoms with Gasteiger partial charge in [-0.25, -0.2) is 0 Å². The Kier molecular flexibility index (Phi) is 7.50. The minimum atomic E-state index is -0.659. The molecule has 2 aromatic rings. The summed E-state index contributed by atoms with van der Waals surface area (Å²) in [5.74, 6) is 0.0998. The molecule has 0 bridgehead atoms. The van der Waals surface area contributed by atoms with E-state index in [0.717, 1.165) is 0 Å². The number of aromatic nitrogens is 1. The summed E-state index contributed by atoms with van der Waals surface area (Å²) in [5, 5.41) is 6.62. The minimum absolute atomic E-state index is 0.0917. The summed E-state index contributed by atoms with van der Waals surface area (Å²) < 4.78 is 10.5. The van der Waals surface area contributed by atoms with Crippen LogP contribution in [0.25, 0.3) is 0 Å². The number of piperazine rings is 1. The van der Waals surface area contributed by atoms with Crippen LogP contribution >= 0.6 is 0 Å². The molecule has 1 unspecified atom stereocenters. The van der Waals surface area contributed by atoms with E-state index in [0.29, 0.717) is 49.8 Å². The first-order valence-electron chi connectivity index (χ1n) is 10.8. The SMILES string of the molecule is CCOc1ccc(C(=O)NC(C(=O)N2CCN(C(=O)c3cc(C)no3)CC2)C(C)C)cc1. The highest BCUT2D eigenvalue weighted by molar-refractivity contribution is 5.98. The molecular formula is C23H30N4O5. The first-order chi connectivity index (χ1) is 15.3. The Morgan fingerprint density at radius 3 is 2.25 bits per heavy atom. The number of ether oxygens (including phenoxy) is 1. The van der Waals surface area contributed by atoms with Gasteiger partial charge in [-0.2, -0.15) is 0 Å². The lowest BCUT2D eigenvalue weighted by atomic mass is 10.0. The molecule has 1 aliphatic heterocycles. The lowest BCUT2D eigenvalue weighted by Gasteiger charge is -2.37. The fourth-order valence-corrected chi connectivity index (χ4v) is 3.55. The predicted octanol–water partition coefficient (Wildman–Crippen LogP) is 2.12. The van der Waals surface area contributed by atoms with Gasteiger partial charge in [0, 0.05) is 37.8 Å². The van der Waals surface area contributed by atoms with Crippen molar-refractivity contribution in [3.63, 3.8) is 0 Å². The molecule has 1 aromatic carbocycles. The van der Waals surface area contributed by atoms with Crippen molar-refractivity contribution < 1.29 is 23.6 Å². The van der Waals surface area contributed by atoms with Crippen molar-refractivity contribution in [2.75, 3.05) is 32.8 Å². The van der Waals surface area contributed by atoms with E-state index in [2.05, 4.69) is 10.5 Å². The van der Waals surface area contributed by atoms with Crippen molar-refractivity contribution in [2.45, 2.75) is 33.7 Å². The second-order valence-corrected chi connectivity index (χ2v) is 8.10. The van der Waals surface area contributed by atoms with Gasteiger partial charge in [-0.15, -0.1) is 0 Å². The molecule has 0 aliphatic carbocycles. The van der Waals surface area contributed by atoms with Crippen LogP contribution in [0.3, 0.4) is 0 Å². The zero-order valence-corrected chi connectivity index (χ0v) is 19.0. The molecule has 32 heavy (non-hydrogen) atoms. The quantitative estimate of drug-likeness (QED) is 0.704. The molecule has 1 fully saturated rings. The molecular weight excluding hydrogens is 412 g/mol. The molecule has 1 saturated heterocycles. The maximum atomic E-state index is 13.2. The van der Waals surface area contributed by atoms with Gasteiger partial charge >= 0.3 is 0 Å². The zero-order valence-electron chi connectivity index (χ0n) is 19.0. The number of hydrogen-bond acceptors (Lipinski definition) is 6. The lowest BCUT2D eigenvalue weighted by Crippen LogP contribution is -2.57. The summed E-state index contributed by atoms with van der Waals surface area (Å²) in [6.45, 7) is 9.55. The van der Waals surface area contributed by atoms with E-state index in [4.69, 9.17) is 9.26 Å². The molecule has 1 N–H and O–H groups in total. The van der Waals surface area contributed by atoms with Gasteiger partial charge in [0.2, 0.25) is 11.7 Å². The molecule has 172 valence electrons. The molecule has 1 aliphatic rings. The van der Waals surface area contributed by atoms with E-state index >= 15 is 0 Å². The van der Waals surface area contributed by atoms with Crippen LogP contribution in [-0.2, 0) is 4.79 Å². The van der Waals surface area contributed by atoms with Crippen molar-refractivity contribution in [1.29, 1.82) is 0 Å². The second-order valence-electron chi connectivity index (χ2n) is 8.10. The van der Waals surface area contributed by atoms with Crippen molar-refractivity contribution in [3.8, 4) is 5.75 Å². The van der Waals surface area contributed by atoms with Crippen molar-refractivity contribution in [2.24, 2.45) is 5.92 Å². The topological polar surface area (TPSA) is 105 Å². The number of nitrogens with one attached hydrogen (secondary N) is 1. The second kappa shape index (κ2) is 10.3. The Morgan fingerprint density at radius 1 is 1.09 bits per heavy atom. The first-order valence-corrected chi connectivity index (χ1v) is 10.8. The van der Waals surface area contributed by atoms with Crippen LogP contribution in [0.15, 0.2) is 34.9 Å². The average Bonchev–Trinajstić information content (AvgIpc) is 3.23. The Hall–Kier alpha value is -3.36. The summed E-state index contributed by atoms with van der Waals surface area (Å²) in [4.78, 5) is 41.7. The largest absolute Gasteiger partial charge is 0.494 e. The summed E-state index contributed by atoms with van der Waals surface area (Å²) in [7, 11) is 0. The number of nitrogens with zero attached hydrogens (tertiary/aromatic N) is 3. The highest BCUT2D eigenvalue weighted by atomic mass is 16.5. The van der Waals surface area contributed by atoms with E-state index in [-0.39, 0.29) is 29.4 Å². The molecule has 1 aromatic heterocycles. The fourth-order valence-electron chi connectivity index (χ4n) is 3.55. The molecule has 0 saturated carbocycles.